The SMILES string of the molecule is CCOC1CCN(c2ccc(CNC3CC3)cc2C)CC1. The molecule has 0 radical (unpaired) electrons. The van der Waals surface area contributed by atoms with Gasteiger partial charge in [0.2, 0.25) is 0 Å². The molecular formula is C18H28N2O. The van der Waals surface area contributed by atoms with Crippen molar-refractivity contribution in [1.29, 1.82) is 0 Å². The molecule has 0 aromatic heterocycles. The molecule has 3 heteroatoms. The Morgan fingerprint density at radius 1 is 1.19 bits per heavy atom. The van der Waals surface area contributed by atoms with Crippen molar-refractivity contribution in [3.63, 3.8) is 0 Å². The van der Waals surface area contributed by atoms with Crippen LogP contribution in [0.2, 0.25) is 0 Å². The van der Waals surface area contributed by atoms with Crippen molar-refractivity contribution in [2.24, 2.45) is 0 Å². The van der Waals surface area contributed by atoms with Gasteiger partial charge in [-0.15, -0.1) is 0 Å². The van der Waals surface area contributed by atoms with Gasteiger partial charge in [0.05, 0.1) is 6.10 Å². The minimum Gasteiger partial charge on any atom is -0.378 e. The summed E-state index contributed by atoms with van der Waals surface area (Å²) in [5, 5.41) is 3.59. The Morgan fingerprint density at radius 3 is 2.57 bits per heavy atom. The van der Waals surface area contributed by atoms with Crippen LogP contribution in [0.25, 0.3) is 0 Å². The highest BCUT2D eigenvalue weighted by Gasteiger charge is 2.21. The van der Waals surface area contributed by atoms with Gasteiger partial charge in [0, 0.05) is 38.0 Å². The van der Waals surface area contributed by atoms with Gasteiger partial charge in [-0.2, -0.15) is 0 Å². The fourth-order valence-electron chi connectivity index (χ4n) is 3.23. The van der Waals surface area contributed by atoms with Crippen molar-refractivity contribution in [2.45, 2.75) is 58.2 Å². The van der Waals surface area contributed by atoms with Gasteiger partial charge in [-0.3, -0.25) is 0 Å². The number of nitrogens with zero attached hydrogens (tertiary/aromatic N) is 1. The molecule has 0 amide bonds. The monoisotopic (exact) mass is 288 g/mol. The molecule has 2 fully saturated rings. The number of rotatable bonds is 6. The molecule has 1 saturated carbocycles. The van der Waals surface area contributed by atoms with Gasteiger partial charge in [-0.05, 0) is 56.7 Å². The number of ether oxygens (including phenoxy) is 1. The van der Waals surface area contributed by atoms with Crippen molar-refractivity contribution in [3.8, 4) is 0 Å². The molecule has 1 aromatic carbocycles. The number of aryl methyl sites for hydroxylation is 1. The lowest BCUT2D eigenvalue weighted by atomic mass is 10.0. The fraction of sp³-hybridized carbons (Fsp3) is 0.667. The molecule has 0 atom stereocenters. The molecular weight excluding hydrogens is 260 g/mol. The summed E-state index contributed by atoms with van der Waals surface area (Å²) in [4.78, 5) is 2.52. The maximum atomic E-state index is 5.74. The van der Waals surface area contributed by atoms with Crippen LogP contribution in [0.3, 0.4) is 0 Å². The highest BCUT2D eigenvalue weighted by atomic mass is 16.5. The minimum absolute atomic E-state index is 0.466. The number of nitrogens with one attached hydrogen (secondary N) is 1. The molecule has 2 aliphatic rings. The first-order chi connectivity index (χ1) is 10.3. The van der Waals surface area contributed by atoms with Gasteiger partial charge in [-0.1, -0.05) is 12.1 Å². The Bertz CT molecular complexity index is 462. The summed E-state index contributed by atoms with van der Waals surface area (Å²) >= 11 is 0. The minimum atomic E-state index is 0.466. The van der Waals surface area contributed by atoms with Crippen LogP contribution < -0.4 is 10.2 Å². The van der Waals surface area contributed by atoms with Crippen molar-refractivity contribution in [2.75, 3.05) is 24.6 Å². The van der Waals surface area contributed by atoms with E-state index in [0.29, 0.717) is 6.10 Å². The van der Waals surface area contributed by atoms with Crippen LogP contribution in [0.5, 0.6) is 0 Å². The van der Waals surface area contributed by atoms with Gasteiger partial charge < -0.3 is 15.0 Å². The first-order valence-corrected chi connectivity index (χ1v) is 8.45. The third-order valence-corrected chi connectivity index (χ3v) is 4.62. The van der Waals surface area contributed by atoms with E-state index in [1.165, 1.54) is 29.7 Å². The molecule has 0 spiro atoms. The van der Waals surface area contributed by atoms with Crippen LogP contribution in [0.1, 0.15) is 43.7 Å². The zero-order valence-electron chi connectivity index (χ0n) is 13.4. The fourth-order valence-corrected chi connectivity index (χ4v) is 3.23. The molecule has 0 unspecified atom stereocenters. The molecule has 1 aromatic rings. The number of piperidine rings is 1. The average molecular weight is 288 g/mol. The van der Waals surface area contributed by atoms with E-state index < -0.39 is 0 Å². The van der Waals surface area contributed by atoms with E-state index in [2.05, 4.69) is 42.3 Å². The Hall–Kier alpha value is -1.06. The van der Waals surface area contributed by atoms with Gasteiger partial charge in [0.1, 0.15) is 0 Å². The molecule has 21 heavy (non-hydrogen) atoms. The zero-order valence-corrected chi connectivity index (χ0v) is 13.4. The van der Waals surface area contributed by atoms with E-state index >= 15 is 0 Å². The van der Waals surface area contributed by atoms with E-state index in [1.54, 1.807) is 0 Å². The number of benzene rings is 1. The number of anilines is 1. The first kappa shape index (κ1) is 14.9. The summed E-state index contributed by atoms with van der Waals surface area (Å²) in [5.41, 5.74) is 4.22. The topological polar surface area (TPSA) is 24.5 Å². The standard InChI is InChI=1S/C18H28N2O/c1-3-21-17-8-10-20(11-9-17)18-7-4-15(12-14(18)2)13-19-16-5-6-16/h4,7,12,16-17,19H,3,5-6,8-11,13H2,1-2H3. The molecule has 116 valence electrons. The normalized spacial score (nSPS) is 20.0. The lowest BCUT2D eigenvalue weighted by Gasteiger charge is -2.34. The van der Waals surface area contributed by atoms with Crippen LogP contribution in [0.15, 0.2) is 18.2 Å². The van der Waals surface area contributed by atoms with Gasteiger partial charge in [0.25, 0.3) is 0 Å². The van der Waals surface area contributed by atoms with E-state index in [1.807, 2.05) is 0 Å². The summed E-state index contributed by atoms with van der Waals surface area (Å²) in [6, 6.07) is 7.72. The van der Waals surface area contributed by atoms with Gasteiger partial charge in [-0.25, -0.2) is 0 Å². The summed E-state index contributed by atoms with van der Waals surface area (Å²) in [6.07, 6.45) is 5.47. The van der Waals surface area contributed by atoms with Crippen molar-refractivity contribution >= 4 is 5.69 Å². The van der Waals surface area contributed by atoms with Crippen LogP contribution in [-0.4, -0.2) is 31.8 Å². The maximum absolute atomic E-state index is 5.74. The third kappa shape index (κ3) is 3.98. The first-order valence-electron chi connectivity index (χ1n) is 8.45. The Balaban J connectivity index is 1.57. The summed E-state index contributed by atoms with van der Waals surface area (Å²) in [6.45, 7) is 8.41. The molecule has 1 heterocycles. The molecule has 1 saturated heterocycles. The van der Waals surface area contributed by atoms with Crippen LogP contribution in [-0.2, 0) is 11.3 Å². The summed E-state index contributed by atoms with van der Waals surface area (Å²) in [5.74, 6) is 0. The summed E-state index contributed by atoms with van der Waals surface area (Å²) < 4.78 is 5.74. The Kier molecular flexibility index (Phi) is 4.81. The van der Waals surface area contributed by atoms with E-state index in [9.17, 15) is 0 Å². The Morgan fingerprint density at radius 2 is 1.95 bits per heavy atom. The quantitative estimate of drug-likeness (QED) is 0.869. The molecule has 1 N–H and O–H groups in total. The van der Waals surface area contributed by atoms with Crippen molar-refractivity contribution in [3.05, 3.63) is 29.3 Å². The molecule has 0 bridgehead atoms. The highest BCUT2D eigenvalue weighted by molar-refractivity contribution is 5.54. The molecule has 3 nitrogen and oxygen atoms in total. The largest absolute Gasteiger partial charge is 0.378 e. The van der Waals surface area contributed by atoms with Crippen molar-refractivity contribution in [1.82, 2.24) is 5.32 Å². The highest BCUT2D eigenvalue weighted by Crippen LogP contribution is 2.26. The average Bonchev–Trinajstić information content (AvgIpc) is 3.31. The zero-order chi connectivity index (χ0) is 14.7. The van der Waals surface area contributed by atoms with Gasteiger partial charge in [0.15, 0.2) is 0 Å². The lowest BCUT2D eigenvalue weighted by Crippen LogP contribution is -2.37. The van der Waals surface area contributed by atoms with E-state index in [4.69, 9.17) is 4.74 Å². The second kappa shape index (κ2) is 6.80. The smallest absolute Gasteiger partial charge is 0.0608 e. The van der Waals surface area contributed by atoms with E-state index in [0.717, 1.165) is 45.1 Å². The number of hydrogen-bond donors (Lipinski definition) is 1. The number of hydrogen-bond acceptors (Lipinski definition) is 3. The second-order valence-corrected chi connectivity index (χ2v) is 6.42. The Labute approximate surface area is 128 Å². The predicted octanol–water partition coefficient (Wildman–Crippen LogP) is 3.25. The van der Waals surface area contributed by atoms with E-state index in [-0.39, 0.29) is 0 Å². The molecule has 1 aliphatic carbocycles. The predicted molar refractivity (Wildman–Crippen MR) is 87.9 cm³/mol. The third-order valence-electron chi connectivity index (χ3n) is 4.62. The van der Waals surface area contributed by atoms with Crippen molar-refractivity contribution < 1.29 is 4.74 Å². The lowest BCUT2D eigenvalue weighted by molar-refractivity contribution is 0.0459. The van der Waals surface area contributed by atoms with Gasteiger partial charge >= 0.3 is 0 Å². The van der Waals surface area contributed by atoms with Crippen LogP contribution >= 0.6 is 0 Å². The van der Waals surface area contributed by atoms with Crippen LogP contribution in [0.4, 0.5) is 5.69 Å². The van der Waals surface area contributed by atoms with Crippen LogP contribution in [0, 0.1) is 6.92 Å². The molecule has 1 aliphatic heterocycles. The molecule has 3 rings (SSSR count). The second-order valence-electron chi connectivity index (χ2n) is 6.42. The maximum Gasteiger partial charge on any atom is 0.0608 e. The summed E-state index contributed by atoms with van der Waals surface area (Å²) in [7, 11) is 0.